The van der Waals surface area contributed by atoms with Gasteiger partial charge in [0, 0.05) is 49.0 Å². The number of furan rings is 2. The van der Waals surface area contributed by atoms with E-state index < -0.39 is 0 Å². The molecule has 0 bridgehead atoms. The van der Waals surface area contributed by atoms with E-state index in [0.717, 1.165) is 122 Å². The second-order valence-corrected chi connectivity index (χ2v) is 21.1. The maximum absolute atomic E-state index is 7.09. The van der Waals surface area contributed by atoms with Gasteiger partial charge in [-0.2, -0.15) is 0 Å². The Hall–Kier alpha value is -9.12. The number of benzene rings is 12. The van der Waals surface area contributed by atoms with Crippen molar-refractivity contribution in [1.82, 2.24) is 0 Å². The van der Waals surface area contributed by atoms with Crippen molar-refractivity contribution in [3.05, 3.63) is 241 Å². The lowest BCUT2D eigenvalue weighted by Gasteiger charge is -2.34. The van der Waals surface area contributed by atoms with Crippen molar-refractivity contribution in [3.63, 3.8) is 0 Å². The minimum absolute atomic E-state index is 0.568. The highest BCUT2D eigenvalue weighted by molar-refractivity contribution is 6.30. The van der Waals surface area contributed by atoms with E-state index >= 15 is 0 Å². The summed E-state index contributed by atoms with van der Waals surface area (Å²) in [6, 6.07) is 82.5. The quantitative estimate of drug-likeness (QED) is 0.135. The molecule has 76 heavy (non-hydrogen) atoms. The Morgan fingerprint density at radius 2 is 0.908 bits per heavy atom. The van der Waals surface area contributed by atoms with E-state index in [-0.39, 0.29) is 0 Å². The number of anilines is 6. The first kappa shape index (κ1) is 44.4. The van der Waals surface area contributed by atoms with E-state index in [4.69, 9.17) is 8.83 Å². The van der Waals surface area contributed by atoms with Crippen LogP contribution in [-0.4, -0.2) is 0 Å². The van der Waals surface area contributed by atoms with Gasteiger partial charge in [-0.3, -0.25) is 0 Å². The zero-order chi connectivity index (χ0) is 50.4. The van der Waals surface area contributed by atoms with Crippen LogP contribution in [0.3, 0.4) is 0 Å². The molecule has 0 N–H and O–H groups in total. The highest BCUT2D eigenvalue weighted by atomic mass is 16.3. The average Bonchev–Trinajstić information content (AvgIpc) is 4.18. The van der Waals surface area contributed by atoms with Gasteiger partial charge in [-0.1, -0.05) is 207 Å². The summed E-state index contributed by atoms with van der Waals surface area (Å²) in [6.45, 7) is 4.50. The van der Waals surface area contributed by atoms with E-state index in [1.54, 1.807) is 0 Å². The summed E-state index contributed by atoms with van der Waals surface area (Å²) < 4.78 is 14.2. The molecule has 4 nitrogen and oxygen atoms in total. The first-order chi connectivity index (χ1) is 37.5. The fraction of sp³-hybridized carbons (Fsp3) is 0.111. The van der Waals surface area contributed by atoms with Gasteiger partial charge in [0.15, 0.2) is 11.2 Å². The summed E-state index contributed by atoms with van der Waals surface area (Å²) in [6.07, 6.45) is 6.40. The molecule has 12 aromatic carbocycles. The van der Waals surface area contributed by atoms with Crippen LogP contribution in [0.5, 0.6) is 0 Å². The maximum atomic E-state index is 7.09. The van der Waals surface area contributed by atoms with Crippen LogP contribution in [0.2, 0.25) is 0 Å². The molecule has 0 aliphatic heterocycles. The first-order valence-corrected chi connectivity index (χ1v) is 27.0. The Kier molecular flexibility index (Phi) is 10.4. The van der Waals surface area contributed by atoms with Gasteiger partial charge in [-0.05, 0) is 119 Å². The minimum Gasteiger partial charge on any atom is -0.454 e. The van der Waals surface area contributed by atoms with E-state index in [0.29, 0.717) is 5.92 Å². The van der Waals surface area contributed by atoms with Crippen molar-refractivity contribution in [2.24, 2.45) is 0 Å². The lowest BCUT2D eigenvalue weighted by Crippen LogP contribution is -2.17. The van der Waals surface area contributed by atoms with Crippen LogP contribution in [0.15, 0.2) is 233 Å². The van der Waals surface area contributed by atoms with E-state index in [1.165, 1.54) is 59.2 Å². The lowest BCUT2D eigenvalue weighted by atomic mass is 9.82. The topological polar surface area (TPSA) is 32.8 Å². The maximum Gasteiger partial charge on any atom is 0.159 e. The van der Waals surface area contributed by atoms with Gasteiger partial charge in [0.1, 0.15) is 11.2 Å². The fourth-order valence-electron chi connectivity index (χ4n) is 13.0. The van der Waals surface area contributed by atoms with Crippen LogP contribution in [0.25, 0.3) is 98.4 Å². The highest BCUT2D eigenvalue weighted by Gasteiger charge is 2.31. The standard InChI is InChI=1S/C72H54N2O2/c1-45-35-36-50(47-20-6-3-7-21-47)43-63(45)73(61-31-17-29-57-55-26-12-14-33-66(55)75-71(57)61)64-44-65(60-40-38-52-42-53(48-22-8-4-9-23-48)41-51-37-39-59(64)69(60)68(51)52)74(70-46(2)19-16-28-54(70)49-24-10-5-11-25-49)62-32-18-30-58-56-27-13-15-34-67(56)76-72(58)62/h3,5-7,10-21,24-44,48H,4,8-9,22-23H2,1-2H3. The Balaban J connectivity index is 1.12. The largest absolute Gasteiger partial charge is 0.454 e. The third-order valence-corrected chi connectivity index (χ3v) is 16.6. The smallest absolute Gasteiger partial charge is 0.159 e. The van der Waals surface area contributed by atoms with Crippen LogP contribution >= 0.6 is 0 Å². The number of hydrogen-bond donors (Lipinski definition) is 0. The second kappa shape index (κ2) is 17.8. The molecule has 2 heterocycles. The summed E-state index contributed by atoms with van der Waals surface area (Å²) in [7, 11) is 0. The monoisotopic (exact) mass is 978 g/mol. The van der Waals surface area contributed by atoms with Crippen molar-refractivity contribution in [2.45, 2.75) is 51.9 Å². The predicted molar refractivity (Wildman–Crippen MR) is 320 cm³/mol. The van der Waals surface area contributed by atoms with Crippen LogP contribution in [0, 0.1) is 13.8 Å². The minimum atomic E-state index is 0.568. The van der Waals surface area contributed by atoms with Crippen LogP contribution in [-0.2, 0) is 0 Å². The van der Waals surface area contributed by atoms with Gasteiger partial charge in [-0.25, -0.2) is 0 Å². The predicted octanol–water partition coefficient (Wildman–Crippen LogP) is 21.3. The van der Waals surface area contributed by atoms with Crippen molar-refractivity contribution >= 4 is 110 Å². The van der Waals surface area contributed by atoms with Crippen molar-refractivity contribution in [2.75, 3.05) is 9.80 Å². The van der Waals surface area contributed by atoms with E-state index in [2.05, 4.69) is 248 Å². The average molecular weight is 979 g/mol. The molecule has 2 aromatic heterocycles. The molecule has 364 valence electrons. The van der Waals surface area contributed by atoms with Crippen molar-refractivity contribution < 1.29 is 8.83 Å². The Labute approximate surface area is 442 Å². The summed E-state index contributed by atoms with van der Waals surface area (Å²) in [5, 5.41) is 11.7. The summed E-state index contributed by atoms with van der Waals surface area (Å²) in [4.78, 5) is 5.03. The molecule has 1 fully saturated rings. The Morgan fingerprint density at radius 1 is 0.355 bits per heavy atom. The van der Waals surface area contributed by atoms with Gasteiger partial charge in [0.25, 0.3) is 0 Å². The van der Waals surface area contributed by atoms with Gasteiger partial charge in [-0.15, -0.1) is 0 Å². The zero-order valence-electron chi connectivity index (χ0n) is 42.7. The number of nitrogens with zero attached hydrogens (tertiary/aromatic N) is 2. The van der Waals surface area contributed by atoms with Crippen molar-refractivity contribution in [1.29, 1.82) is 0 Å². The molecule has 0 saturated heterocycles. The third-order valence-electron chi connectivity index (χ3n) is 16.6. The molecular weight excluding hydrogens is 925 g/mol. The van der Waals surface area contributed by atoms with Crippen LogP contribution in [0.1, 0.15) is 54.7 Å². The van der Waals surface area contributed by atoms with Gasteiger partial charge in [0.05, 0.1) is 28.4 Å². The summed E-state index contributed by atoms with van der Waals surface area (Å²) in [5.41, 5.74) is 17.9. The summed E-state index contributed by atoms with van der Waals surface area (Å²) in [5.74, 6) is 0.568. The SMILES string of the molecule is Cc1ccc(-c2ccccc2)cc1N(c1cc(N(c2c(C)cccc2-c2ccccc2)c2cccc3c2oc2ccccc23)c2ccc3cc(C4CCCCC4)cc4ccc1c2c43)c1cccc2c1oc1ccccc12. The first-order valence-electron chi connectivity index (χ1n) is 27.0. The number of aryl methyl sites for hydroxylation is 2. The molecule has 14 aromatic rings. The molecule has 0 radical (unpaired) electrons. The molecule has 0 atom stereocenters. The Bertz CT molecular complexity index is 4520. The lowest BCUT2D eigenvalue weighted by molar-refractivity contribution is 0.444. The Morgan fingerprint density at radius 3 is 1.55 bits per heavy atom. The third kappa shape index (κ3) is 7.04. The molecule has 0 amide bonds. The van der Waals surface area contributed by atoms with Gasteiger partial charge >= 0.3 is 0 Å². The normalized spacial score (nSPS) is 13.3. The highest BCUT2D eigenvalue weighted by Crippen LogP contribution is 2.55. The van der Waals surface area contributed by atoms with Gasteiger partial charge < -0.3 is 18.6 Å². The van der Waals surface area contributed by atoms with E-state index in [9.17, 15) is 0 Å². The van der Waals surface area contributed by atoms with Crippen LogP contribution < -0.4 is 9.80 Å². The number of hydrogen-bond acceptors (Lipinski definition) is 4. The molecule has 1 aliphatic carbocycles. The molecule has 0 spiro atoms. The zero-order valence-corrected chi connectivity index (χ0v) is 42.7. The number of rotatable bonds is 9. The molecular formula is C72H54N2O2. The second-order valence-electron chi connectivity index (χ2n) is 21.1. The molecule has 15 rings (SSSR count). The molecule has 4 heteroatoms. The van der Waals surface area contributed by atoms with Gasteiger partial charge in [0.2, 0.25) is 0 Å². The summed E-state index contributed by atoms with van der Waals surface area (Å²) >= 11 is 0. The van der Waals surface area contributed by atoms with Crippen molar-refractivity contribution in [3.8, 4) is 22.3 Å². The molecule has 1 saturated carbocycles. The van der Waals surface area contributed by atoms with E-state index in [1.807, 2.05) is 0 Å². The van der Waals surface area contributed by atoms with Crippen LogP contribution in [0.4, 0.5) is 34.1 Å². The number of fused-ring (bicyclic) bond motifs is 6. The molecule has 0 unspecified atom stereocenters. The fourth-order valence-corrected chi connectivity index (χ4v) is 13.0. The number of para-hydroxylation sites is 5. The molecule has 1 aliphatic rings.